The first-order valence-electron chi connectivity index (χ1n) is 6.70. The first kappa shape index (κ1) is 14.7. The molecule has 1 amide bonds. The van der Waals surface area contributed by atoms with Gasteiger partial charge >= 0.3 is 0 Å². The fourth-order valence-electron chi connectivity index (χ4n) is 1.95. The van der Waals surface area contributed by atoms with Crippen LogP contribution in [0.2, 0.25) is 0 Å². The number of benzene rings is 2. The summed E-state index contributed by atoms with van der Waals surface area (Å²) in [6.07, 6.45) is 1.14. The number of nitro benzene ring substituents is 1. The van der Waals surface area contributed by atoms with Gasteiger partial charge in [0.25, 0.3) is 5.69 Å². The number of amides is 1. The minimum atomic E-state index is -0.459. The largest absolute Gasteiger partial charge is 0.326 e. The van der Waals surface area contributed by atoms with Crippen LogP contribution >= 0.6 is 0 Å². The molecule has 0 fully saturated rings. The third-order valence-electron chi connectivity index (χ3n) is 3.16. The minimum Gasteiger partial charge on any atom is -0.326 e. The maximum atomic E-state index is 11.9. The van der Waals surface area contributed by atoms with Gasteiger partial charge in [0.15, 0.2) is 0 Å². The number of rotatable bonds is 5. The van der Waals surface area contributed by atoms with Gasteiger partial charge in [-0.2, -0.15) is 0 Å². The lowest BCUT2D eigenvalue weighted by atomic mass is 10.1. The fourth-order valence-corrected chi connectivity index (χ4v) is 1.95. The van der Waals surface area contributed by atoms with Gasteiger partial charge < -0.3 is 5.32 Å². The standard InChI is InChI=1S/C16H16N2O3/c1-2-12-3-7-14(8-4-12)17-16(19)11-13-5-9-15(10-6-13)18(20)21/h3-10H,2,11H2,1H3,(H,17,19). The molecule has 1 N–H and O–H groups in total. The summed E-state index contributed by atoms with van der Waals surface area (Å²) >= 11 is 0. The molecule has 0 radical (unpaired) electrons. The zero-order valence-electron chi connectivity index (χ0n) is 11.7. The number of carbonyl (C=O) groups excluding carboxylic acids is 1. The Hall–Kier alpha value is -2.69. The van der Waals surface area contributed by atoms with Gasteiger partial charge in [0.2, 0.25) is 5.91 Å². The van der Waals surface area contributed by atoms with Crippen LogP contribution in [0.3, 0.4) is 0 Å². The average Bonchev–Trinajstić information content (AvgIpc) is 2.48. The Kier molecular flexibility index (Phi) is 4.66. The summed E-state index contributed by atoms with van der Waals surface area (Å²) in [6, 6.07) is 13.7. The molecule has 0 heterocycles. The SMILES string of the molecule is CCc1ccc(NC(=O)Cc2ccc([N+](=O)[O-])cc2)cc1. The Labute approximate surface area is 122 Å². The van der Waals surface area contributed by atoms with E-state index in [0.29, 0.717) is 0 Å². The van der Waals surface area contributed by atoms with Gasteiger partial charge in [0.05, 0.1) is 11.3 Å². The number of nitrogens with one attached hydrogen (secondary N) is 1. The molecule has 2 rings (SSSR count). The monoisotopic (exact) mass is 284 g/mol. The zero-order chi connectivity index (χ0) is 15.2. The maximum Gasteiger partial charge on any atom is 0.269 e. The average molecular weight is 284 g/mol. The molecule has 0 aliphatic carbocycles. The molecule has 0 spiro atoms. The normalized spacial score (nSPS) is 10.1. The van der Waals surface area contributed by atoms with E-state index in [1.165, 1.54) is 17.7 Å². The van der Waals surface area contributed by atoms with E-state index >= 15 is 0 Å². The fraction of sp³-hybridized carbons (Fsp3) is 0.188. The van der Waals surface area contributed by atoms with Crippen molar-refractivity contribution in [1.82, 2.24) is 0 Å². The van der Waals surface area contributed by atoms with Crippen LogP contribution < -0.4 is 5.32 Å². The lowest BCUT2D eigenvalue weighted by Crippen LogP contribution is -2.14. The Morgan fingerprint density at radius 1 is 1.05 bits per heavy atom. The van der Waals surface area contributed by atoms with E-state index in [1.807, 2.05) is 24.3 Å². The van der Waals surface area contributed by atoms with Crippen LogP contribution in [-0.2, 0) is 17.6 Å². The van der Waals surface area contributed by atoms with Gasteiger partial charge in [-0.05, 0) is 29.7 Å². The zero-order valence-corrected chi connectivity index (χ0v) is 11.7. The molecule has 0 saturated carbocycles. The van der Waals surface area contributed by atoms with Crippen LogP contribution in [0.25, 0.3) is 0 Å². The first-order chi connectivity index (χ1) is 10.1. The lowest BCUT2D eigenvalue weighted by Gasteiger charge is -2.06. The second kappa shape index (κ2) is 6.65. The van der Waals surface area contributed by atoms with E-state index in [4.69, 9.17) is 0 Å². The molecule has 0 aliphatic rings. The van der Waals surface area contributed by atoms with Crippen LogP contribution in [0, 0.1) is 10.1 Å². The van der Waals surface area contributed by atoms with Crippen LogP contribution in [0.5, 0.6) is 0 Å². The van der Waals surface area contributed by atoms with Gasteiger partial charge in [-0.15, -0.1) is 0 Å². The van der Waals surface area contributed by atoms with Gasteiger partial charge in [-0.1, -0.05) is 31.2 Å². The molecule has 108 valence electrons. The van der Waals surface area contributed by atoms with E-state index in [-0.39, 0.29) is 18.0 Å². The minimum absolute atomic E-state index is 0.0225. The van der Waals surface area contributed by atoms with Crippen molar-refractivity contribution in [3.05, 3.63) is 69.8 Å². The van der Waals surface area contributed by atoms with Crippen LogP contribution in [0.1, 0.15) is 18.1 Å². The quantitative estimate of drug-likeness (QED) is 0.676. The van der Waals surface area contributed by atoms with E-state index in [1.54, 1.807) is 12.1 Å². The number of anilines is 1. The molecule has 0 atom stereocenters. The van der Waals surface area contributed by atoms with E-state index in [2.05, 4.69) is 12.2 Å². The summed E-state index contributed by atoms with van der Waals surface area (Å²) < 4.78 is 0. The lowest BCUT2D eigenvalue weighted by molar-refractivity contribution is -0.384. The summed E-state index contributed by atoms with van der Waals surface area (Å²) in [4.78, 5) is 22.0. The van der Waals surface area contributed by atoms with Gasteiger partial charge in [-0.25, -0.2) is 0 Å². The Balaban J connectivity index is 1.95. The number of nitro groups is 1. The third-order valence-corrected chi connectivity index (χ3v) is 3.16. The molecule has 5 heteroatoms. The van der Waals surface area contributed by atoms with Crippen molar-refractivity contribution in [2.75, 3.05) is 5.32 Å². The number of non-ortho nitro benzene ring substituents is 1. The number of nitrogens with zero attached hydrogens (tertiary/aromatic N) is 1. The van der Waals surface area contributed by atoms with Crippen molar-refractivity contribution in [2.45, 2.75) is 19.8 Å². The smallest absolute Gasteiger partial charge is 0.269 e. The van der Waals surface area contributed by atoms with Crippen molar-refractivity contribution >= 4 is 17.3 Å². The molecule has 0 unspecified atom stereocenters. The van der Waals surface area contributed by atoms with E-state index < -0.39 is 4.92 Å². The van der Waals surface area contributed by atoms with Crippen molar-refractivity contribution in [3.8, 4) is 0 Å². The van der Waals surface area contributed by atoms with Gasteiger partial charge in [0.1, 0.15) is 0 Å². The maximum absolute atomic E-state index is 11.9. The van der Waals surface area contributed by atoms with Crippen LogP contribution in [0.15, 0.2) is 48.5 Å². The first-order valence-corrected chi connectivity index (χ1v) is 6.70. The number of carbonyl (C=O) groups is 1. The van der Waals surface area contributed by atoms with Crippen LogP contribution in [0.4, 0.5) is 11.4 Å². The predicted octanol–water partition coefficient (Wildman–Crippen LogP) is 3.34. The summed E-state index contributed by atoms with van der Waals surface area (Å²) in [5.41, 5.74) is 2.72. The molecular formula is C16H16N2O3. The Morgan fingerprint density at radius 3 is 2.14 bits per heavy atom. The molecule has 2 aromatic carbocycles. The molecule has 0 aliphatic heterocycles. The highest BCUT2D eigenvalue weighted by atomic mass is 16.6. The molecule has 21 heavy (non-hydrogen) atoms. The highest BCUT2D eigenvalue weighted by molar-refractivity contribution is 5.92. The topological polar surface area (TPSA) is 72.2 Å². The van der Waals surface area contributed by atoms with Crippen molar-refractivity contribution in [3.63, 3.8) is 0 Å². The van der Waals surface area contributed by atoms with Crippen LogP contribution in [-0.4, -0.2) is 10.8 Å². The Bertz CT molecular complexity index is 634. The highest BCUT2D eigenvalue weighted by Crippen LogP contribution is 2.14. The Morgan fingerprint density at radius 2 is 1.62 bits per heavy atom. The summed E-state index contributed by atoms with van der Waals surface area (Å²) in [5.74, 6) is -0.145. The van der Waals surface area contributed by atoms with E-state index in [0.717, 1.165) is 17.7 Å². The second-order valence-electron chi connectivity index (χ2n) is 4.70. The molecule has 0 aromatic heterocycles. The van der Waals surface area contributed by atoms with Gasteiger partial charge in [-0.3, -0.25) is 14.9 Å². The highest BCUT2D eigenvalue weighted by Gasteiger charge is 2.07. The van der Waals surface area contributed by atoms with Crippen molar-refractivity contribution in [1.29, 1.82) is 0 Å². The van der Waals surface area contributed by atoms with Crippen molar-refractivity contribution in [2.24, 2.45) is 0 Å². The molecule has 0 saturated heterocycles. The third kappa shape index (κ3) is 4.14. The predicted molar refractivity (Wildman–Crippen MR) is 81.3 cm³/mol. The second-order valence-corrected chi connectivity index (χ2v) is 4.70. The summed E-state index contributed by atoms with van der Waals surface area (Å²) in [5, 5.41) is 13.4. The van der Waals surface area contributed by atoms with Gasteiger partial charge in [0, 0.05) is 17.8 Å². The number of hydrogen-bond donors (Lipinski definition) is 1. The molecule has 0 bridgehead atoms. The summed E-state index contributed by atoms with van der Waals surface area (Å²) in [7, 11) is 0. The number of hydrogen-bond acceptors (Lipinski definition) is 3. The summed E-state index contributed by atoms with van der Waals surface area (Å²) in [6.45, 7) is 2.07. The van der Waals surface area contributed by atoms with Crippen molar-refractivity contribution < 1.29 is 9.72 Å². The molecule has 2 aromatic rings. The number of aryl methyl sites for hydroxylation is 1. The molecule has 5 nitrogen and oxygen atoms in total. The molecular weight excluding hydrogens is 268 g/mol. The van der Waals surface area contributed by atoms with E-state index in [9.17, 15) is 14.9 Å².